The van der Waals surface area contributed by atoms with E-state index in [0.29, 0.717) is 16.2 Å². The Kier molecular flexibility index (Phi) is 2.94. The van der Waals surface area contributed by atoms with Crippen molar-refractivity contribution in [3.05, 3.63) is 29.1 Å². The molecule has 6 heteroatoms. The van der Waals surface area contributed by atoms with Crippen LogP contribution < -0.4 is 9.47 Å². The van der Waals surface area contributed by atoms with Gasteiger partial charge in [-0.2, -0.15) is 0 Å². The van der Waals surface area contributed by atoms with Crippen LogP contribution in [0.15, 0.2) is 33.5 Å². The number of H-pyrrole nitrogens is 1. The van der Waals surface area contributed by atoms with Crippen molar-refractivity contribution < 1.29 is 13.9 Å². The topological polar surface area (TPSA) is 60.3 Å². The lowest BCUT2D eigenvalue weighted by molar-refractivity contribution is 0.356. The Balaban J connectivity index is 2.18. The summed E-state index contributed by atoms with van der Waals surface area (Å²) in [6.45, 7) is 0. The molecule has 2 aromatic heterocycles. The summed E-state index contributed by atoms with van der Waals surface area (Å²) in [5, 5.41) is 0. The molecule has 5 nitrogen and oxygen atoms in total. The summed E-state index contributed by atoms with van der Waals surface area (Å²) in [5.74, 6) is 2.04. The largest absolute Gasteiger partial charge is 0.493 e. The molecule has 0 amide bonds. The standard InChI is InChI=1S/C13H11BrN2O3/c1-17-10-5-8-9(6-11(10)18-2)16-13(15-8)7-3-4-19-12(7)14/h3-6H,1-2H3,(H,15,16). The minimum atomic E-state index is 0.644. The molecule has 19 heavy (non-hydrogen) atoms. The summed E-state index contributed by atoms with van der Waals surface area (Å²) in [5.41, 5.74) is 2.55. The van der Waals surface area contributed by atoms with Crippen molar-refractivity contribution in [2.75, 3.05) is 14.2 Å². The number of nitrogens with zero attached hydrogens (tertiary/aromatic N) is 1. The second kappa shape index (κ2) is 4.62. The van der Waals surface area contributed by atoms with Crippen LogP contribution in [0.25, 0.3) is 22.4 Å². The Labute approximate surface area is 117 Å². The summed E-state index contributed by atoms with van der Waals surface area (Å²) in [6, 6.07) is 5.54. The molecule has 3 aromatic rings. The first-order valence-electron chi connectivity index (χ1n) is 5.58. The van der Waals surface area contributed by atoms with Crippen molar-refractivity contribution in [2.24, 2.45) is 0 Å². The molecule has 0 radical (unpaired) electrons. The molecular formula is C13H11BrN2O3. The molecule has 3 rings (SSSR count). The molecule has 2 heterocycles. The summed E-state index contributed by atoms with van der Waals surface area (Å²) >= 11 is 3.34. The van der Waals surface area contributed by atoms with Gasteiger partial charge in [0.25, 0.3) is 0 Å². The maximum atomic E-state index is 5.27. The van der Waals surface area contributed by atoms with Gasteiger partial charge in [0.1, 0.15) is 5.82 Å². The van der Waals surface area contributed by atoms with Crippen LogP contribution in [0.1, 0.15) is 0 Å². The third-order valence-electron chi connectivity index (χ3n) is 2.86. The Hall–Kier alpha value is -1.95. The van der Waals surface area contributed by atoms with Gasteiger partial charge in [-0.1, -0.05) is 0 Å². The SMILES string of the molecule is COc1cc2nc(-c3ccoc3Br)[nH]c2cc1OC. The van der Waals surface area contributed by atoms with E-state index in [-0.39, 0.29) is 0 Å². The molecule has 0 spiro atoms. The van der Waals surface area contributed by atoms with Crippen LogP contribution in [0.2, 0.25) is 0 Å². The molecule has 0 aliphatic rings. The maximum absolute atomic E-state index is 5.27. The predicted octanol–water partition coefficient (Wildman–Crippen LogP) is 3.60. The average molecular weight is 323 g/mol. The van der Waals surface area contributed by atoms with E-state index in [4.69, 9.17) is 13.9 Å². The van der Waals surface area contributed by atoms with Gasteiger partial charge in [-0.05, 0) is 22.0 Å². The number of fused-ring (bicyclic) bond motifs is 1. The number of halogens is 1. The van der Waals surface area contributed by atoms with Gasteiger partial charge in [0.15, 0.2) is 16.2 Å². The lowest BCUT2D eigenvalue weighted by Crippen LogP contribution is -1.89. The zero-order valence-electron chi connectivity index (χ0n) is 10.4. The Bertz CT molecular complexity index is 692. The number of imidazole rings is 1. The van der Waals surface area contributed by atoms with Gasteiger partial charge in [0, 0.05) is 12.1 Å². The van der Waals surface area contributed by atoms with Crippen LogP contribution in [-0.2, 0) is 0 Å². The average Bonchev–Trinajstić information content (AvgIpc) is 3.01. The highest BCUT2D eigenvalue weighted by Crippen LogP contribution is 2.34. The fraction of sp³-hybridized carbons (Fsp3) is 0.154. The van der Waals surface area contributed by atoms with E-state index >= 15 is 0 Å². The van der Waals surface area contributed by atoms with Crippen LogP contribution in [-0.4, -0.2) is 24.2 Å². The molecule has 0 bridgehead atoms. The minimum absolute atomic E-state index is 0.644. The number of hydrogen-bond donors (Lipinski definition) is 1. The normalized spacial score (nSPS) is 10.9. The van der Waals surface area contributed by atoms with Crippen molar-refractivity contribution in [1.29, 1.82) is 0 Å². The van der Waals surface area contributed by atoms with Gasteiger partial charge in [-0.15, -0.1) is 0 Å². The molecule has 1 aromatic carbocycles. The van der Waals surface area contributed by atoms with Crippen molar-refractivity contribution in [2.45, 2.75) is 0 Å². The first-order valence-corrected chi connectivity index (χ1v) is 6.37. The van der Waals surface area contributed by atoms with Crippen LogP contribution in [0, 0.1) is 0 Å². The highest BCUT2D eigenvalue weighted by Gasteiger charge is 2.13. The van der Waals surface area contributed by atoms with Crippen LogP contribution in [0.4, 0.5) is 0 Å². The second-order valence-electron chi connectivity index (χ2n) is 3.92. The van der Waals surface area contributed by atoms with Gasteiger partial charge in [0.2, 0.25) is 0 Å². The molecule has 0 atom stereocenters. The molecule has 0 aliphatic carbocycles. The van der Waals surface area contributed by atoms with E-state index in [1.807, 2.05) is 18.2 Å². The third-order valence-corrected chi connectivity index (χ3v) is 3.47. The number of ether oxygens (including phenoxy) is 2. The lowest BCUT2D eigenvalue weighted by Gasteiger charge is -2.06. The van der Waals surface area contributed by atoms with E-state index in [0.717, 1.165) is 22.4 Å². The number of rotatable bonds is 3. The Morgan fingerprint density at radius 1 is 1.21 bits per heavy atom. The first-order chi connectivity index (χ1) is 9.22. The highest BCUT2D eigenvalue weighted by molar-refractivity contribution is 9.10. The molecule has 0 saturated heterocycles. The van der Waals surface area contributed by atoms with Gasteiger partial charge in [0.05, 0.1) is 37.1 Å². The van der Waals surface area contributed by atoms with Gasteiger partial charge in [-0.3, -0.25) is 0 Å². The smallest absolute Gasteiger partial charge is 0.179 e. The van der Waals surface area contributed by atoms with E-state index in [9.17, 15) is 0 Å². The van der Waals surface area contributed by atoms with Crippen molar-refractivity contribution >= 4 is 27.0 Å². The Morgan fingerprint density at radius 2 is 1.95 bits per heavy atom. The number of aromatic nitrogens is 2. The molecule has 0 saturated carbocycles. The highest BCUT2D eigenvalue weighted by atomic mass is 79.9. The quantitative estimate of drug-likeness (QED) is 0.800. The Morgan fingerprint density at radius 3 is 2.58 bits per heavy atom. The van der Waals surface area contributed by atoms with Gasteiger partial charge in [-0.25, -0.2) is 4.98 Å². The zero-order valence-corrected chi connectivity index (χ0v) is 11.9. The van der Waals surface area contributed by atoms with Crippen molar-refractivity contribution in [3.8, 4) is 22.9 Å². The first kappa shape index (κ1) is 12.1. The molecule has 0 unspecified atom stereocenters. The zero-order chi connectivity index (χ0) is 13.4. The summed E-state index contributed by atoms with van der Waals surface area (Å²) in [7, 11) is 3.21. The number of furan rings is 1. The maximum Gasteiger partial charge on any atom is 0.179 e. The van der Waals surface area contributed by atoms with Crippen molar-refractivity contribution in [3.63, 3.8) is 0 Å². The molecule has 0 aliphatic heterocycles. The van der Waals surface area contributed by atoms with Gasteiger partial charge < -0.3 is 18.9 Å². The number of methoxy groups -OCH3 is 2. The van der Waals surface area contributed by atoms with E-state index in [2.05, 4.69) is 25.9 Å². The number of hydrogen-bond acceptors (Lipinski definition) is 4. The number of benzene rings is 1. The third kappa shape index (κ3) is 1.98. The van der Waals surface area contributed by atoms with Crippen LogP contribution in [0.3, 0.4) is 0 Å². The van der Waals surface area contributed by atoms with Crippen LogP contribution >= 0.6 is 15.9 Å². The molecular weight excluding hydrogens is 312 g/mol. The second-order valence-corrected chi connectivity index (χ2v) is 4.64. The molecule has 0 fully saturated rings. The fourth-order valence-corrected chi connectivity index (χ4v) is 2.36. The van der Waals surface area contributed by atoms with E-state index < -0.39 is 0 Å². The minimum Gasteiger partial charge on any atom is -0.493 e. The fourth-order valence-electron chi connectivity index (χ4n) is 1.93. The summed E-state index contributed by atoms with van der Waals surface area (Å²) < 4.78 is 16.4. The van der Waals surface area contributed by atoms with E-state index in [1.54, 1.807) is 20.5 Å². The van der Waals surface area contributed by atoms with Crippen LogP contribution in [0.5, 0.6) is 11.5 Å². The lowest BCUT2D eigenvalue weighted by atomic mass is 10.3. The summed E-state index contributed by atoms with van der Waals surface area (Å²) in [6.07, 6.45) is 1.60. The number of aromatic amines is 1. The number of nitrogens with one attached hydrogen (secondary N) is 1. The van der Waals surface area contributed by atoms with E-state index in [1.165, 1.54) is 0 Å². The predicted molar refractivity (Wildman–Crippen MR) is 74.6 cm³/mol. The molecule has 1 N–H and O–H groups in total. The summed E-state index contributed by atoms with van der Waals surface area (Å²) in [4.78, 5) is 7.75. The van der Waals surface area contributed by atoms with Crippen molar-refractivity contribution in [1.82, 2.24) is 9.97 Å². The van der Waals surface area contributed by atoms with Gasteiger partial charge >= 0.3 is 0 Å². The monoisotopic (exact) mass is 322 g/mol. The molecule has 98 valence electrons.